The number of hydrogen-bond acceptors (Lipinski definition) is 10. The van der Waals surface area contributed by atoms with Crippen LogP contribution in [0.15, 0.2) is 60.7 Å². The number of ether oxygens (including phenoxy) is 5. The molecule has 2 aromatic rings. The van der Waals surface area contributed by atoms with Gasteiger partial charge in [0.15, 0.2) is 18.3 Å². The molecule has 0 radical (unpaired) electrons. The summed E-state index contributed by atoms with van der Waals surface area (Å²) in [6.07, 6.45) is -4.24. The van der Waals surface area contributed by atoms with Crippen LogP contribution in [0.4, 0.5) is 0 Å². The van der Waals surface area contributed by atoms with E-state index in [1.165, 1.54) is 24.3 Å². The third kappa shape index (κ3) is 9.28. The molecule has 35 heavy (non-hydrogen) atoms. The molecule has 2 aromatic carbocycles. The van der Waals surface area contributed by atoms with Crippen LogP contribution < -0.4 is 0 Å². The quantitative estimate of drug-likeness (QED) is 0.345. The van der Waals surface area contributed by atoms with Crippen LogP contribution in [-0.4, -0.2) is 61.4 Å². The minimum absolute atomic E-state index is 0.182. The summed E-state index contributed by atoms with van der Waals surface area (Å²) in [5.41, 5.74) is 0.423. The molecule has 0 amide bonds. The van der Waals surface area contributed by atoms with E-state index in [4.69, 9.17) is 23.7 Å². The predicted molar refractivity (Wildman–Crippen MR) is 120 cm³/mol. The van der Waals surface area contributed by atoms with Crippen LogP contribution in [0.5, 0.6) is 0 Å². The van der Waals surface area contributed by atoms with Crippen LogP contribution in [-0.2, 0) is 38.1 Å². The molecule has 0 aliphatic rings. The van der Waals surface area contributed by atoms with E-state index in [0.717, 1.165) is 20.8 Å². The van der Waals surface area contributed by atoms with Gasteiger partial charge in [-0.05, 0) is 24.3 Å². The molecule has 0 aromatic heterocycles. The van der Waals surface area contributed by atoms with Crippen molar-refractivity contribution in [3.05, 3.63) is 71.8 Å². The van der Waals surface area contributed by atoms with Gasteiger partial charge in [0.1, 0.15) is 13.2 Å². The lowest BCUT2D eigenvalue weighted by atomic mass is 10.1. The molecule has 0 heterocycles. The van der Waals surface area contributed by atoms with Crippen molar-refractivity contribution in [2.75, 3.05) is 13.2 Å². The molecule has 186 valence electrons. The second-order valence-electron chi connectivity index (χ2n) is 7.30. The Morgan fingerprint density at radius 1 is 0.571 bits per heavy atom. The van der Waals surface area contributed by atoms with Crippen LogP contribution in [0.3, 0.4) is 0 Å². The van der Waals surface area contributed by atoms with E-state index in [-0.39, 0.29) is 11.1 Å². The summed E-state index contributed by atoms with van der Waals surface area (Å²) in [6.45, 7) is 2.28. The smallest absolute Gasteiger partial charge is 0.338 e. The number of esters is 5. The van der Waals surface area contributed by atoms with E-state index >= 15 is 0 Å². The zero-order chi connectivity index (χ0) is 25.8. The number of carbonyl (C=O) groups is 5. The number of carbonyl (C=O) groups excluding carboxylic acids is 5. The highest BCUT2D eigenvalue weighted by atomic mass is 16.6. The molecular formula is C25H26O10. The molecule has 10 nitrogen and oxygen atoms in total. The Morgan fingerprint density at radius 3 is 1.51 bits per heavy atom. The summed E-state index contributed by atoms with van der Waals surface area (Å²) in [5, 5.41) is 0. The molecule has 2 rings (SSSR count). The first-order valence-corrected chi connectivity index (χ1v) is 10.6. The van der Waals surface area contributed by atoms with Gasteiger partial charge in [0, 0.05) is 20.8 Å². The Balaban J connectivity index is 2.32. The van der Waals surface area contributed by atoms with Gasteiger partial charge in [-0.1, -0.05) is 36.4 Å². The summed E-state index contributed by atoms with van der Waals surface area (Å²) < 4.78 is 26.3. The van der Waals surface area contributed by atoms with E-state index < -0.39 is 61.4 Å². The lowest BCUT2D eigenvalue weighted by Crippen LogP contribution is -2.49. The van der Waals surface area contributed by atoms with E-state index in [9.17, 15) is 24.0 Å². The zero-order valence-electron chi connectivity index (χ0n) is 19.5. The minimum Gasteiger partial charge on any atom is -0.462 e. The van der Waals surface area contributed by atoms with Crippen molar-refractivity contribution in [3.63, 3.8) is 0 Å². The topological polar surface area (TPSA) is 132 Å². The van der Waals surface area contributed by atoms with E-state index in [1.807, 2.05) is 0 Å². The van der Waals surface area contributed by atoms with Gasteiger partial charge in [-0.15, -0.1) is 0 Å². The molecule has 0 bridgehead atoms. The minimum atomic E-state index is -1.47. The standard InChI is InChI=1S/C25H26O10/c1-16(26)31-14-22(35-25(30)20-12-8-5-9-13-20)23(34-18(3)28)21(33-17(2)27)15-32-24(29)19-10-6-4-7-11-19/h4-13,21-23H,14-15H2,1-3H3/t21-,22+,23+/m1/s1. The van der Waals surface area contributed by atoms with Crippen molar-refractivity contribution in [2.45, 2.75) is 39.1 Å². The van der Waals surface area contributed by atoms with Crippen LogP contribution in [0, 0.1) is 0 Å². The van der Waals surface area contributed by atoms with Gasteiger partial charge in [0.25, 0.3) is 0 Å². The van der Waals surface area contributed by atoms with Crippen LogP contribution >= 0.6 is 0 Å². The highest BCUT2D eigenvalue weighted by Crippen LogP contribution is 2.18. The molecule has 3 atom stereocenters. The summed E-state index contributed by atoms with van der Waals surface area (Å²) in [5.74, 6) is -3.79. The number of benzene rings is 2. The Kier molecular flexibility index (Phi) is 10.4. The van der Waals surface area contributed by atoms with E-state index in [2.05, 4.69) is 0 Å². The molecule has 0 saturated heterocycles. The van der Waals surface area contributed by atoms with Gasteiger partial charge in [-0.25, -0.2) is 9.59 Å². The highest BCUT2D eigenvalue weighted by Gasteiger charge is 2.39. The van der Waals surface area contributed by atoms with Crippen LogP contribution in [0.2, 0.25) is 0 Å². The molecule has 0 fully saturated rings. The number of hydrogen-bond donors (Lipinski definition) is 0. The Hall–Kier alpha value is -4.21. The van der Waals surface area contributed by atoms with Crippen molar-refractivity contribution in [3.8, 4) is 0 Å². The Bertz CT molecular complexity index is 1020. The van der Waals surface area contributed by atoms with Crippen molar-refractivity contribution in [1.82, 2.24) is 0 Å². The zero-order valence-corrected chi connectivity index (χ0v) is 19.5. The van der Waals surface area contributed by atoms with Gasteiger partial charge in [-0.3, -0.25) is 14.4 Å². The largest absolute Gasteiger partial charge is 0.462 e. The fourth-order valence-electron chi connectivity index (χ4n) is 2.98. The van der Waals surface area contributed by atoms with Gasteiger partial charge >= 0.3 is 29.8 Å². The summed E-state index contributed by atoms with van der Waals surface area (Å²) in [7, 11) is 0. The van der Waals surface area contributed by atoms with Crippen molar-refractivity contribution in [1.29, 1.82) is 0 Å². The van der Waals surface area contributed by atoms with Gasteiger partial charge in [-0.2, -0.15) is 0 Å². The number of rotatable bonds is 11. The normalized spacial score (nSPS) is 12.9. The first-order valence-electron chi connectivity index (χ1n) is 10.6. The predicted octanol–water partition coefficient (Wildman–Crippen LogP) is 2.50. The maximum atomic E-state index is 12.7. The Morgan fingerprint density at radius 2 is 1.03 bits per heavy atom. The Labute approximate surface area is 202 Å². The van der Waals surface area contributed by atoms with E-state index in [1.54, 1.807) is 36.4 Å². The third-order valence-corrected chi connectivity index (χ3v) is 4.46. The van der Waals surface area contributed by atoms with Crippen molar-refractivity contribution >= 4 is 29.8 Å². The molecule has 0 saturated carbocycles. The van der Waals surface area contributed by atoms with Gasteiger partial charge in [0.05, 0.1) is 11.1 Å². The second kappa shape index (κ2) is 13.5. The second-order valence-corrected chi connectivity index (χ2v) is 7.30. The molecule has 0 unspecified atom stereocenters. The molecule has 0 aliphatic heterocycles. The average Bonchev–Trinajstić information content (AvgIpc) is 2.83. The average molecular weight is 486 g/mol. The van der Waals surface area contributed by atoms with Gasteiger partial charge in [0.2, 0.25) is 0 Å². The van der Waals surface area contributed by atoms with Crippen LogP contribution in [0.25, 0.3) is 0 Å². The molecule has 0 spiro atoms. The molecule has 10 heteroatoms. The fraction of sp³-hybridized carbons (Fsp3) is 0.320. The lowest BCUT2D eigenvalue weighted by Gasteiger charge is -2.31. The van der Waals surface area contributed by atoms with E-state index in [0.29, 0.717) is 0 Å². The summed E-state index contributed by atoms with van der Waals surface area (Å²) >= 11 is 0. The summed E-state index contributed by atoms with van der Waals surface area (Å²) in [4.78, 5) is 60.2. The first kappa shape index (κ1) is 27.0. The lowest BCUT2D eigenvalue weighted by molar-refractivity contribution is -0.183. The SMILES string of the molecule is CC(=O)OC[C@H](OC(=O)c1ccccc1)[C@@H](OC(C)=O)[C@@H](COC(=O)c1ccccc1)OC(C)=O. The highest BCUT2D eigenvalue weighted by molar-refractivity contribution is 5.90. The van der Waals surface area contributed by atoms with Crippen molar-refractivity contribution in [2.24, 2.45) is 0 Å². The molecular weight excluding hydrogens is 460 g/mol. The monoisotopic (exact) mass is 486 g/mol. The van der Waals surface area contributed by atoms with Crippen LogP contribution in [0.1, 0.15) is 41.5 Å². The fourth-order valence-corrected chi connectivity index (χ4v) is 2.98. The summed E-state index contributed by atoms with van der Waals surface area (Å²) in [6, 6.07) is 16.0. The molecule has 0 N–H and O–H groups in total. The maximum absolute atomic E-state index is 12.7. The third-order valence-electron chi connectivity index (χ3n) is 4.46. The molecule has 0 aliphatic carbocycles. The first-order chi connectivity index (χ1) is 16.7. The maximum Gasteiger partial charge on any atom is 0.338 e. The van der Waals surface area contributed by atoms with Crippen molar-refractivity contribution < 1.29 is 47.7 Å². The van der Waals surface area contributed by atoms with Gasteiger partial charge < -0.3 is 23.7 Å².